The zero-order chi connectivity index (χ0) is 17.1. The van der Waals surface area contributed by atoms with Crippen molar-refractivity contribution in [2.75, 3.05) is 6.54 Å². The molecule has 6 heteroatoms. The third kappa shape index (κ3) is 5.04. The van der Waals surface area contributed by atoms with Gasteiger partial charge in [-0.25, -0.2) is 4.98 Å². The monoisotopic (exact) mass is 334 g/mol. The first-order valence-electron chi connectivity index (χ1n) is 7.37. The van der Waals surface area contributed by atoms with Gasteiger partial charge in [0.1, 0.15) is 11.2 Å². The zero-order valence-electron chi connectivity index (χ0n) is 13.8. The van der Waals surface area contributed by atoms with Crippen LogP contribution in [0.25, 0.3) is 0 Å². The molecule has 0 aromatic carbocycles. The Morgan fingerprint density at radius 3 is 2.57 bits per heavy atom. The average molecular weight is 334 g/mol. The predicted octanol–water partition coefficient (Wildman–Crippen LogP) is 2.96. The van der Waals surface area contributed by atoms with Crippen molar-refractivity contribution < 1.29 is 14.6 Å². The maximum absolute atomic E-state index is 12.2. The van der Waals surface area contributed by atoms with Crippen molar-refractivity contribution in [1.82, 2.24) is 10.3 Å². The molecule has 0 fully saturated rings. The molecular formula is C17H22N2O3S. The number of rotatable bonds is 5. The summed E-state index contributed by atoms with van der Waals surface area (Å²) in [6, 6.07) is 7.03. The maximum Gasteiger partial charge on any atom is 0.252 e. The van der Waals surface area contributed by atoms with Crippen LogP contribution in [0.4, 0.5) is 0 Å². The summed E-state index contributed by atoms with van der Waals surface area (Å²) in [6.45, 7) is 7.61. The van der Waals surface area contributed by atoms with E-state index in [0.717, 1.165) is 4.88 Å². The van der Waals surface area contributed by atoms with E-state index < -0.39 is 5.60 Å². The number of hydrogen-bond donors (Lipinski definition) is 2. The second kappa shape index (κ2) is 6.68. The standard InChI is InChI=1S/C17H22N2O3S/c1-16(2,3)22-14-8-7-12(10-18-14)15(20)19-11-17(4,21)13-6-5-9-23-13/h5-10,21H,11H2,1-4H3,(H,19,20). The van der Waals surface area contributed by atoms with Crippen LogP contribution in [0.3, 0.4) is 0 Å². The third-order valence-electron chi connectivity index (χ3n) is 3.05. The molecule has 124 valence electrons. The first-order valence-corrected chi connectivity index (χ1v) is 8.25. The zero-order valence-corrected chi connectivity index (χ0v) is 14.6. The van der Waals surface area contributed by atoms with Gasteiger partial charge in [0.15, 0.2) is 0 Å². The molecule has 1 unspecified atom stereocenters. The van der Waals surface area contributed by atoms with Crippen LogP contribution in [-0.4, -0.2) is 28.1 Å². The molecule has 1 amide bonds. The molecule has 0 radical (unpaired) electrons. The third-order valence-corrected chi connectivity index (χ3v) is 4.18. The van der Waals surface area contributed by atoms with E-state index in [4.69, 9.17) is 4.74 Å². The molecule has 23 heavy (non-hydrogen) atoms. The molecule has 2 N–H and O–H groups in total. The van der Waals surface area contributed by atoms with Gasteiger partial charge in [0.2, 0.25) is 5.88 Å². The van der Waals surface area contributed by atoms with Crippen molar-refractivity contribution in [2.24, 2.45) is 0 Å². The van der Waals surface area contributed by atoms with Gasteiger partial charge in [0.05, 0.1) is 12.1 Å². The van der Waals surface area contributed by atoms with Crippen LogP contribution in [0.1, 0.15) is 42.9 Å². The lowest BCUT2D eigenvalue weighted by Crippen LogP contribution is -2.38. The molecule has 0 aliphatic heterocycles. The first-order chi connectivity index (χ1) is 10.7. The summed E-state index contributed by atoms with van der Waals surface area (Å²) >= 11 is 1.45. The summed E-state index contributed by atoms with van der Waals surface area (Å²) in [5.74, 6) is 0.191. The minimum absolute atomic E-state index is 0.132. The Morgan fingerprint density at radius 1 is 1.30 bits per heavy atom. The van der Waals surface area contributed by atoms with Gasteiger partial charge in [-0.1, -0.05) is 6.07 Å². The highest BCUT2D eigenvalue weighted by atomic mass is 32.1. The van der Waals surface area contributed by atoms with Crippen molar-refractivity contribution in [2.45, 2.75) is 38.9 Å². The quantitative estimate of drug-likeness (QED) is 0.882. The highest BCUT2D eigenvalue weighted by Gasteiger charge is 2.25. The number of amides is 1. The number of hydrogen-bond acceptors (Lipinski definition) is 5. The molecule has 2 heterocycles. The van der Waals surface area contributed by atoms with E-state index in [1.807, 2.05) is 38.3 Å². The van der Waals surface area contributed by atoms with Gasteiger partial charge >= 0.3 is 0 Å². The first kappa shape index (κ1) is 17.4. The normalized spacial score (nSPS) is 14.1. The van der Waals surface area contributed by atoms with Gasteiger partial charge in [0.25, 0.3) is 5.91 Å². The summed E-state index contributed by atoms with van der Waals surface area (Å²) in [7, 11) is 0. The lowest BCUT2D eigenvalue weighted by atomic mass is 10.1. The molecule has 0 bridgehead atoms. The Labute approximate surface area is 140 Å². The van der Waals surface area contributed by atoms with Gasteiger partial charge in [-0.15, -0.1) is 11.3 Å². The van der Waals surface area contributed by atoms with Crippen LogP contribution in [0.2, 0.25) is 0 Å². The Morgan fingerprint density at radius 2 is 2.04 bits per heavy atom. The van der Waals surface area contributed by atoms with E-state index in [2.05, 4.69) is 10.3 Å². The van der Waals surface area contributed by atoms with Crippen molar-refractivity contribution in [3.8, 4) is 5.88 Å². The lowest BCUT2D eigenvalue weighted by Gasteiger charge is -2.22. The number of ether oxygens (including phenoxy) is 1. The fourth-order valence-corrected chi connectivity index (χ4v) is 2.70. The lowest BCUT2D eigenvalue weighted by molar-refractivity contribution is 0.0556. The molecule has 2 rings (SSSR count). The number of aromatic nitrogens is 1. The summed E-state index contributed by atoms with van der Waals surface area (Å²) in [5.41, 5.74) is -1.00. The van der Waals surface area contributed by atoms with E-state index in [9.17, 15) is 9.90 Å². The van der Waals surface area contributed by atoms with E-state index in [0.29, 0.717) is 11.4 Å². The molecule has 2 aromatic rings. The van der Waals surface area contributed by atoms with Gasteiger partial charge in [0, 0.05) is 17.1 Å². The largest absolute Gasteiger partial charge is 0.472 e. The molecular weight excluding hydrogens is 312 g/mol. The molecule has 5 nitrogen and oxygen atoms in total. The number of carbonyl (C=O) groups is 1. The molecule has 2 aromatic heterocycles. The minimum atomic E-state index is -1.09. The smallest absolute Gasteiger partial charge is 0.252 e. The van der Waals surface area contributed by atoms with Crippen molar-refractivity contribution >= 4 is 17.2 Å². The van der Waals surface area contributed by atoms with Crippen molar-refractivity contribution in [3.63, 3.8) is 0 Å². The van der Waals surface area contributed by atoms with E-state index in [-0.39, 0.29) is 18.1 Å². The molecule has 0 saturated heterocycles. The minimum Gasteiger partial charge on any atom is -0.472 e. The summed E-state index contributed by atoms with van der Waals surface area (Å²) < 4.78 is 5.62. The number of carbonyl (C=O) groups excluding carboxylic acids is 1. The number of nitrogens with zero attached hydrogens (tertiary/aromatic N) is 1. The Balaban J connectivity index is 1.96. The van der Waals surface area contributed by atoms with Crippen LogP contribution >= 0.6 is 11.3 Å². The number of aliphatic hydroxyl groups is 1. The molecule has 0 spiro atoms. The SMILES string of the molecule is CC(C)(C)Oc1ccc(C(=O)NCC(C)(O)c2cccs2)cn1. The fourth-order valence-electron chi connectivity index (χ4n) is 1.92. The summed E-state index contributed by atoms with van der Waals surface area (Å²) in [5, 5.41) is 15.0. The van der Waals surface area contributed by atoms with Gasteiger partial charge < -0.3 is 15.2 Å². The molecule has 0 aliphatic carbocycles. The van der Waals surface area contributed by atoms with Gasteiger partial charge in [-0.2, -0.15) is 0 Å². The van der Waals surface area contributed by atoms with Gasteiger partial charge in [-0.3, -0.25) is 4.79 Å². The van der Waals surface area contributed by atoms with Gasteiger partial charge in [-0.05, 0) is 45.2 Å². The van der Waals surface area contributed by atoms with Crippen LogP contribution in [0.15, 0.2) is 35.8 Å². The van der Waals surface area contributed by atoms with E-state index >= 15 is 0 Å². The van der Waals surface area contributed by atoms with Crippen LogP contribution in [0, 0.1) is 0 Å². The second-order valence-corrected chi connectivity index (χ2v) is 7.48. The fraction of sp³-hybridized carbons (Fsp3) is 0.412. The topological polar surface area (TPSA) is 71.5 Å². The Kier molecular flexibility index (Phi) is 5.06. The number of thiophene rings is 1. The highest BCUT2D eigenvalue weighted by Crippen LogP contribution is 2.24. The Bertz CT molecular complexity index is 643. The number of nitrogens with one attached hydrogen (secondary N) is 1. The summed E-state index contributed by atoms with van der Waals surface area (Å²) in [6.07, 6.45) is 1.47. The van der Waals surface area contributed by atoms with Crippen LogP contribution in [-0.2, 0) is 5.60 Å². The van der Waals surface area contributed by atoms with Crippen molar-refractivity contribution in [1.29, 1.82) is 0 Å². The van der Waals surface area contributed by atoms with E-state index in [1.165, 1.54) is 17.5 Å². The van der Waals surface area contributed by atoms with Crippen LogP contribution < -0.4 is 10.1 Å². The van der Waals surface area contributed by atoms with Crippen molar-refractivity contribution in [3.05, 3.63) is 46.3 Å². The molecule has 1 atom stereocenters. The maximum atomic E-state index is 12.2. The Hall–Kier alpha value is -1.92. The highest BCUT2D eigenvalue weighted by molar-refractivity contribution is 7.10. The summed E-state index contributed by atoms with van der Waals surface area (Å²) in [4.78, 5) is 17.1. The second-order valence-electron chi connectivity index (χ2n) is 6.53. The van der Waals surface area contributed by atoms with E-state index in [1.54, 1.807) is 19.1 Å². The number of pyridine rings is 1. The average Bonchev–Trinajstić information content (AvgIpc) is 2.99. The predicted molar refractivity (Wildman–Crippen MR) is 90.8 cm³/mol. The van der Waals surface area contributed by atoms with Crippen LogP contribution in [0.5, 0.6) is 5.88 Å². The molecule has 0 aliphatic rings. The molecule has 0 saturated carbocycles.